The van der Waals surface area contributed by atoms with Crippen molar-refractivity contribution in [1.82, 2.24) is 0 Å². The van der Waals surface area contributed by atoms with Gasteiger partial charge >= 0.3 is 11.9 Å². The summed E-state index contributed by atoms with van der Waals surface area (Å²) in [4.78, 5) is 21.9. The fourth-order valence-electron chi connectivity index (χ4n) is 1.25. The van der Waals surface area contributed by atoms with Crippen LogP contribution in [-0.4, -0.2) is 23.7 Å². The quantitative estimate of drug-likeness (QED) is 0.410. The number of rotatable bonds is 5. The van der Waals surface area contributed by atoms with Crippen molar-refractivity contribution >= 4 is 11.9 Å². The van der Waals surface area contributed by atoms with Crippen LogP contribution in [0.2, 0.25) is 0 Å². The second kappa shape index (κ2) is 5.34. The molecular weight excluding hydrogens is 210 g/mol. The molecule has 1 rings (SSSR count). The van der Waals surface area contributed by atoms with E-state index in [1.165, 1.54) is 6.08 Å². The number of allylic oxidation sites excluding steroid dienone is 1. The van der Waals surface area contributed by atoms with Crippen LogP contribution in [0.15, 0.2) is 23.4 Å². The van der Waals surface area contributed by atoms with Gasteiger partial charge in [-0.3, -0.25) is 0 Å². The maximum Gasteiger partial charge on any atom is 0.337 e. The van der Waals surface area contributed by atoms with E-state index in [0.29, 0.717) is 5.70 Å². The molecule has 1 aliphatic carbocycles. The number of nitrogens with two attached hydrogens (primary N) is 1. The zero-order chi connectivity index (χ0) is 12.1. The summed E-state index contributed by atoms with van der Waals surface area (Å²) in [6, 6.07) is 0. The van der Waals surface area contributed by atoms with E-state index in [1.807, 2.05) is 0 Å². The molecule has 0 heterocycles. The molecule has 1 aliphatic rings. The third-order valence-electron chi connectivity index (χ3n) is 2.23. The Kier molecular flexibility index (Phi) is 4.10. The normalized spacial score (nSPS) is 17.1. The molecule has 5 heteroatoms. The van der Waals surface area contributed by atoms with Gasteiger partial charge in [-0.2, -0.15) is 0 Å². The lowest BCUT2D eigenvalue weighted by molar-refractivity contribution is -0.137. The second-order valence-electron chi connectivity index (χ2n) is 3.53. The fourth-order valence-corrected chi connectivity index (χ4v) is 1.25. The Morgan fingerprint density at radius 2 is 2.06 bits per heavy atom. The van der Waals surface area contributed by atoms with Crippen LogP contribution in [0.4, 0.5) is 0 Å². The third-order valence-corrected chi connectivity index (χ3v) is 2.23. The van der Waals surface area contributed by atoms with E-state index in [9.17, 15) is 9.59 Å². The van der Waals surface area contributed by atoms with Crippen LogP contribution in [0.3, 0.4) is 0 Å². The van der Waals surface area contributed by atoms with Gasteiger partial charge in [0.05, 0.1) is 12.2 Å². The monoisotopic (exact) mass is 225 g/mol. The van der Waals surface area contributed by atoms with Crippen LogP contribution >= 0.6 is 0 Å². The number of esters is 1. The van der Waals surface area contributed by atoms with Crippen LogP contribution in [-0.2, 0) is 14.3 Å². The van der Waals surface area contributed by atoms with Crippen molar-refractivity contribution in [3.8, 4) is 0 Å². The molecule has 0 aromatic carbocycles. The maximum absolute atomic E-state index is 11.0. The van der Waals surface area contributed by atoms with Gasteiger partial charge in [0.1, 0.15) is 0 Å². The average molecular weight is 225 g/mol. The standard InChI is InChI=1S/C11H15NO4/c1-2-16-9(13)6-5-8(11(14)15)10(12)7-3-4-7/h5-7H,2-4,12H2,1H3,(H,14,15). The van der Waals surface area contributed by atoms with Gasteiger partial charge in [0, 0.05) is 11.8 Å². The van der Waals surface area contributed by atoms with Gasteiger partial charge in [0.25, 0.3) is 0 Å². The topological polar surface area (TPSA) is 89.6 Å². The summed E-state index contributed by atoms with van der Waals surface area (Å²) in [5.41, 5.74) is 6.00. The first kappa shape index (κ1) is 12.3. The lowest BCUT2D eigenvalue weighted by Gasteiger charge is -2.02. The van der Waals surface area contributed by atoms with E-state index < -0.39 is 11.9 Å². The highest BCUT2D eigenvalue weighted by molar-refractivity contribution is 5.93. The minimum atomic E-state index is -1.12. The van der Waals surface area contributed by atoms with E-state index in [1.54, 1.807) is 6.92 Å². The van der Waals surface area contributed by atoms with Gasteiger partial charge in [-0.1, -0.05) is 0 Å². The fraction of sp³-hybridized carbons (Fsp3) is 0.455. The molecule has 0 aliphatic heterocycles. The first-order chi connectivity index (χ1) is 7.56. The molecule has 5 nitrogen and oxygen atoms in total. The largest absolute Gasteiger partial charge is 0.478 e. The highest BCUT2D eigenvalue weighted by atomic mass is 16.5. The molecule has 0 spiro atoms. The molecular formula is C11H15NO4. The molecule has 0 aromatic heterocycles. The van der Waals surface area contributed by atoms with E-state index in [4.69, 9.17) is 10.8 Å². The number of carbonyl (C=O) groups excluding carboxylic acids is 1. The minimum absolute atomic E-state index is 0.0180. The number of carboxylic acids is 1. The van der Waals surface area contributed by atoms with Crippen molar-refractivity contribution in [2.45, 2.75) is 19.8 Å². The lowest BCUT2D eigenvalue weighted by atomic mass is 10.1. The number of hydrogen-bond donors (Lipinski definition) is 2. The number of carbonyl (C=O) groups is 2. The number of hydrogen-bond acceptors (Lipinski definition) is 4. The van der Waals surface area contributed by atoms with Crippen molar-refractivity contribution < 1.29 is 19.4 Å². The van der Waals surface area contributed by atoms with E-state index in [2.05, 4.69) is 4.74 Å². The van der Waals surface area contributed by atoms with Crippen molar-refractivity contribution in [1.29, 1.82) is 0 Å². The second-order valence-corrected chi connectivity index (χ2v) is 3.53. The zero-order valence-corrected chi connectivity index (χ0v) is 9.10. The van der Waals surface area contributed by atoms with Gasteiger partial charge < -0.3 is 15.6 Å². The Bertz CT molecular complexity index is 353. The van der Waals surface area contributed by atoms with Gasteiger partial charge in [-0.05, 0) is 31.8 Å². The van der Waals surface area contributed by atoms with Crippen molar-refractivity contribution in [2.75, 3.05) is 6.61 Å². The van der Waals surface area contributed by atoms with Gasteiger partial charge in [-0.25, -0.2) is 9.59 Å². The molecule has 0 atom stereocenters. The molecule has 1 saturated carbocycles. The maximum atomic E-state index is 11.0. The smallest absolute Gasteiger partial charge is 0.337 e. The number of carboxylic acid groups (broad SMARTS) is 1. The number of ether oxygens (including phenoxy) is 1. The van der Waals surface area contributed by atoms with Crippen LogP contribution < -0.4 is 5.73 Å². The highest BCUT2D eigenvalue weighted by Gasteiger charge is 2.27. The van der Waals surface area contributed by atoms with E-state index in [0.717, 1.165) is 18.9 Å². The molecule has 0 saturated heterocycles. The first-order valence-electron chi connectivity index (χ1n) is 5.14. The first-order valence-corrected chi connectivity index (χ1v) is 5.14. The summed E-state index contributed by atoms with van der Waals surface area (Å²) in [6.45, 7) is 1.94. The predicted octanol–water partition coefficient (Wildman–Crippen LogP) is 0.813. The summed E-state index contributed by atoms with van der Waals surface area (Å²) < 4.78 is 4.65. The van der Waals surface area contributed by atoms with Gasteiger partial charge in [0.15, 0.2) is 0 Å². The third kappa shape index (κ3) is 3.42. The molecule has 0 unspecified atom stereocenters. The van der Waals surface area contributed by atoms with Crippen LogP contribution in [0.1, 0.15) is 19.8 Å². The summed E-state index contributed by atoms with van der Waals surface area (Å²) in [6.07, 6.45) is 4.11. The number of aliphatic carboxylic acids is 1. The summed E-state index contributed by atoms with van der Waals surface area (Å²) >= 11 is 0. The zero-order valence-electron chi connectivity index (χ0n) is 9.10. The van der Waals surface area contributed by atoms with Crippen LogP contribution in [0.25, 0.3) is 0 Å². The molecule has 0 amide bonds. The lowest BCUT2D eigenvalue weighted by Crippen LogP contribution is -2.11. The SMILES string of the molecule is CCOC(=O)C=CC(C(=O)O)=C(N)C1CC1. The van der Waals surface area contributed by atoms with E-state index >= 15 is 0 Å². The van der Waals surface area contributed by atoms with Gasteiger partial charge in [-0.15, -0.1) is 0 Å². The molecule has 0 aromatic rings. The summed E-state index contributed by atoms with van der Waals surface area (Å²) in [5.74, 6) is -1.53. The van der Waals surface area contributed by atoms with E-state index in [-0.39, 0.29) is 18.1 Å². The Morgan fingerprint density at radius 1 is 1.44 bits per heavy atom. The highest BCUT2D eigenvalue weighted by Crippen LogP contribution is 2.35. The Labute approximate surface area is 93.6 Å². The molecule has 16 heavy (non-hydrogen) atoms. The molecule has 88 valence electrons. The van der Waals surface area contributed by atoms with Gasteiger partial charge in [0.2, 0.25) is 0 Å². The summed E-state index contributed by atoms with van der Waals surface area (Å²) in [7, 11) is 0. The summed E-state index contributed by atoms with van der Waals surface area (Å²) in [5, 5.41) is 8.92. The molecule has 0 bridgehead atoms. The van der Waals surface area contributed by atoms with Crippen molar-refractivity contribution in [2.24, 2.45) is 11.7 Å². The van der Waals surface area contributed by atoms with Crippen LogP contribution in [0.5, 0.6) is 0 Å². The van der Waals surface area contributed by atoms with Crippen LogP contribution in [0, 0.1) is 5.92 Å². The Balaban J connectivity index is 2.76. The molecule has 3 N–H and O–H groups in total. The van der Waals surface area contributed by atoms with Crippen molar-refractivity contribution in [3.05, 3.63) is 23.4 Å². The predicted molar refractivity (Wildman–Crippen MR) is 57.3 cm³/mol. The minimum Gasteiger partial charge on any atom is -0.478 e. The Hall–Kier alpha value is -1.78. The molecule has 1 fully saturated rings. The average Bonchev–Trinajstić information content (AvgIpc) is 3.00. The van der Waals surface area contributed by atoms with Crippen molar-refractivity contribution in [3.63, 3.8) is 0 Å². The molecule has 0 radical (unpaired) electrons. The Morgan fingerprint density at radius 3 is 2.50 bits per heavy atom.